The van der Waals surface area contributed by atoms with Crippen LogP contribution in [0.5, 0.6) is 11.5 Å². The first-order valence-corrected chi connectivity index (χ1v) is 12.1. The van der Waals surface area contributed by atoms with Crippen LogP contribution in [0.4, 0.5) is 0 Å². The molecule has 0 aliphatic heterocycles. The molecule has 4 aromatic rings. The van der Waals surface area contributed by atoms with Crippen molar-refractivity contribution in [2.75, 3.05) is 27.9 Å². The molecule has 192 valence electrons. The van der Waals surface area contributed by atoms with E-state index in [1.54, 1.807) is 37.4 Å². The van der Waals surface area contributed by atoms with Gasteiger partial charge in [0.2, 0.25) is 0 Å². The number of hydrogen-bond donors (Lipinski definition) is 0. The minimum absolute atomic E-state index is 0.346. The van der Waals surface area contributed by atoms with E-state index in [-0.39, 0.29) is 0 Å². The average molecular weight is 542 g/mol. The van der Waals surface area contributed by atoms with Crippen molar-refractivity contribution in [1.82, 2.24) is 4.57 Å². The fourth-order valence-corrected chi connectivity index (χ4v) is 4.44. The molecule has 3 aromatic carbocycles. The number of benzene rings is 3. The number of aromatic nitrogens is 1. The van der Waals surface area contributed by atoms with Crippen LogP contribution in [-0.2, 0) is 22.4 Å². The summed E-state index contributed by atoms with van der Waals surface area (Å²) >= 11 is 12.3. The predicted octanol–water partition coefficient (Wildman–Crippen LogP) is 6.20. The Bertz CT molecular complexity index is 1460. The summed E-state index contributed by atoms with van der Waals surface area (Å²) in [7, 11) is 4.23. The van der Waals surface area contributed by atoms with Gasteiger partial charge in [0.25, 0.3) is 0 Å². The van der Waals surface area contributed by atoms with Crippen LogP contribution >= 0.6 is 23.2 Å². The first kappa shape index (κ1) is 26.4. The number of rotatable bonds is 9. The Hall–Kier alpha value is -3.68. The van der Waals surface area contributed by atoms with Crippen molar-refractivity contribution in [3.8, 4) is 11.5 Å². The van der Waals surface area contributed by atoms with Crippen molar-refractivity contribution in [1.29, 1.82) is 0 Å². The largest absolute Gasteiger partial charge is 0.496 e. The summed E-state index contributed by atoms with van der Waals surface area (Å²) in [5.41, 5.74) is 3.37. The summed E-state index contributed by atoms with van der Waals surface area (Å²) in [4.78, 5) is 24.4. The smallest absolute Gasteiger partial charge is 0.354 e. The summed E-state index contributed by atoms with van der Waals surface area (Å²) in [6.07, 6.45) is 0.537. The zero-order chi connectivity index (χ0) is 26.5. The number of methoxy groups -OCH3 is 3. The number of halogens is 2. The number of carbonyl (C=O) groups is 2. The molecule has 0 saturated heterocycles. The van der Waals surface area contributed by atoms with E-state index in [2.05, 4.69) is 0 Å². The topological polar surface area (TPSA) is 76.0 Å². The lowest BCUT2D eigenvalue weighted by atomic mass is 10.1. The molecule has 0 unspecified atom stereocenters. The van der Waals surface area contributed by atoms with Crippen molar-refractivity contribution in [3.63, 3.8) is 0 Å². The zero-order valence-electron chi connectivity index (χ0n) is 20.5. The van der Waals surface area contributed by atoms with Crippen molar-refractivity contribution in [2.24, 2.45) is 0 Å². The maximum atomic E-state index is 12.6. The molecule has 0 radical (unpaired) electrons. The van der Waals surface area contributed by atoms with Crippen LogP contribution in [0.3, 0.4) is 0 Å². The van der Waals surface area contributed by atoms with Gasteiger partial charge in [0, 0.05) is 18.4 Å². The van der Waals surface area contributed by atoms with Crippen LogP contribution in [0, 0.1) is 0 Å². The van der Waals surface area contributed by atoms with E-state index in [1.807, 2.05) is 34.9 Å². The Balaban J connectivity index is 1.60. The van der Waals surface area contributed by atoms with Crippen LogP contribution in [0.25, 0.3) is 10.9 Å². The number of carbonyl (C=O) groups excluding carboxylic acids is 2. The van der Waals surface area contributed by atoms with Crippen molar-refractivity contribution < 1.29 is 28.5 Å². The fraction of sp³-hybridized carbons (Fsp3) is 0.214. The third kappa shape index (κ3) is 5.68. The highest BCUT2D eigenvalue weighted by Gasteiger charge is 2.19. The number of hydrogen-bond acceptors (Lipinski definition) is 6. The van der Waals surface area contributed by atoms with E-state index in [1.165, 1.54) is 14.2 Å². The van der Waals surface area contributed by atoms with Crippen molar-refractivity contribution >= 4 is 46.0 Å². The molecular weight excluding hydrogens is 517 g/mol. The Morgan fingerprint density at radius 1 is 0.838 bits per heavy atom. The Labute approximate surface area is 224 Å². The predicted molar refractivity (Wildman–Crippen MR) is 142 cm³/mol. The van der Waals surface area contributed by atoms with Gasteiger partial charge in [0.15, 0.2) is 0 Å². The van der Waals surface area contributed by atoms with E-state index < -0.39 is 11.9 Å². The second-order valence-corrected chi connectivity index (χ2v) is 8.98. The van der Waals surface area contributed by atoms with Gasteiger partial charge in [-0.1, -0.05) is 41.4 Å². The molecule has 0 saturated carbocycles. The molecule has 0 spiro atoms. The van der Waals surface area contributed by atoms with Gasteiger partial charge in [0.05, 0.1) is 49.1 Å². The highest BCUT2D eigenvalue weighted by molar-refractivity contribution is 6.42. The molecule has 0 N–H and O–H groups in total. The minimum atomic E-state index is -0.461. The second kappa shape index (κ2) is 11.6. The molecule has 0 aliphatic carbocycles. The Kier molecular flexibility index (Phi) is 8.26. The zero-order valence-corrected chi connectivity index (χ0v) is 22.1. The maximum absolute atomic E-state index is 12.6. The summed E-state index contributed by atoms with van der Waals surface area (Å²) in [6, 6.07) is 17.9. The van der Waals surface area contributed by atoms with E-state index in [0.717, 1.165) is 22.0 Å². The van der Waals surface area contributed by atoms with Gasteiger partial charge in [-0.15, -0.1) is 0 Å². The molecule has 0 atom stereocenters. The molecule has 9 heteroatoms. The average Bonchev–Trinajstić information content (AvgIpc) is 3.29. The van der Waals surface area contributed by atoms with Crippen molar-refractivity contribution in [2.45, 2.75) is 13.0 Å². The van der Waals surface area contributed by atoms with E-state index >= 15 is 0 Å². The molecule has 0 amide bonds. The van der Waals surface area contributed by atoms with Gasteiger partial charge in [0.1, 0.15) is 17.2 Å². The van der Waals surface area contributed by atoms with Gasteiger partial charge in [-0.25, -0.2) is 9.59 Å². The van der Waals surface area contributed by atoms with Gasteiger partial charge in [-0.2, -0.15) is 0 Å². The SMILES string of the molecule is COC(=O)c1ccc(CCOc2cccc3c2cc(C(=O)OC)n3Cc2ccc(Cl)c(Cl)c2)c(OC)c1. The highest BCUT2D eigenvalue weighted by atomic mass is 35.5. The van der Waals surface area contributed by atoms with Gasteiger partial charge < -0.3 is 23.5 Å². The Morgan fingerprint density at radius 3 is 2.32 bits per heavy atom. The molecule has 0 fully saturated rings. The van der Waals surface area contributed by atoms with E-state index in [4.69, 9.17) is 42.1 Å². The van der Waals surface area contributed by atoms with Gasteiger partial charge >= 0.3 is 11.9 Å². The lowest BCUT2D eigenvalue weighted by Gasteiger charge is -2.13. The molecule has 1 aromatic heterocycles. The maximum Gasteiger partial charge on any atom is 0.354 e. The summed E-state index contributed by atoms with van der Waals surface area (Å²) in [5.74, 6) is 0.309. The van der Waals surface area contributed by atoms with Gasteiger partial charge in [-0.05, 0) is 53.6 Å². The first-order chi connectivity index (χ1) is 17.9. The molecule has 0 bridgehead atoms. The molecule has 1 heterocycles. The van der Waals surface area contributed by atoms with Crippen LogP contribution in [-0.4, -0.2) is 44.4 Å². The second-order valence-electron chi connectivity index (χ2n) is 8.16. The summed E-state index contributed by atoms with van der Waals surface area (Å²) in [5, 5.41) is 1.67. The Morgan fingerprint density at radius 2 is 1.62 bits per heavy atom. The van der Waals surface area contributed by atoms with Crippen LogP contribution in [0.2, 0.25) is 10.0 Å². The number of nitrogens with zero attached hydrogens (tertiary/aromatic N) is 1. The normalized spacial score (nSPS) is 10.8. The molecule has 0 aliphatic rings. The lowest BCUT2D eigenvalue weighted by molar-refractivity contribution is 0.0584. The number of fused-ring (bicyclic) bond motifs is 1. The van der Waals surface area contributed by atoms with E-state index in [0.29, 0.717) is 52.4 Å². The first-order valence-electron chi connectivity index (χ1n) is 11.4. The highest BCUT2D eigenvalue weighted by Crippen LogP contribution is 2.32. The van der Waals surface area contributed by atoms with Gasteiger partial charge in [-0.3, -0.25) is 0 Å². The summed E-state index contributed by atoms with van der Waals surface area (Å²) < 4.78 is 23.3. The quantitative estimate of drug-likeness (QED) is 0.235. The van der Waals surface area contributed by atoms with Crippen LogP contribution in [0.15, 0.2) is 60.7 Å². The van der Waals surface area contributed by atoms with Crippen LogP contribution < -0.4 is 9.47 Å². The molecule has 7 nitrogen and oxygen atoms in total. The monoisotopic (exact) mass is 541 g/mol. The number of ether oxygens (including phenoxy) is 4. The third-order valence-electron chi connectivity index (χ3n) is 5.96. The van der Waals surface area contributed by atoms with Crippen LogP contribution in [0.1, 0.15) is 32.0 Å². The molecule has 37 heavy (non-hydrogen) atoms. The summed E-state index contributed by atoms with van der Waals surface area (Å²) in [6.45, 7) is 0.733. The fourth-order valence-electron chi connectivity index (χ4n) is 4.11. The third-order valence-corrected chi connectivity index (χ3v) is 6.70. The molecule has 4 rings (SSSR count). The number of esters is 2. The van der Waals surface area contributed by atoms with Crippen molar-refractivity contribution in [3.05, 3.63) is 93.1 Å². The van der Waals surface area contributed by atoms with E-state index in [9.17, 15) is 9.59 Å². The standard InChI is InChI=1S/C28H25Cl2NO6/c1-34-26-14-19(27(32)35-2)9-8-18(26)11-12-37-25-6-4-5-23-20(25)15-24(28(33)36-3)31(23)16-17-7-10-21(29)22(30)13-17/h4-10,13-15H,11-12,16H2,1-3H3. The lowest BCUT2D eigenvalue weighted by Crippen LogP contribution is -2.11. The molecular formula is C28H25Cl2NO6. The minimum Gasteiger partial charge on any atom is -0.496 e.